The molecule has 5 nitrogen and oxygen atoms in total. The van der Waals surface area contributed by atoms with Gasteiger partial charge in [0.05, 0.1) is 4.88 Å². The Kier molecular flexibility index (Phi) is 4.49. The zero-order valence-electron chi connectivity index (χ0n) is 12.8. The van der Waals surface area contributed by atoms with Crippen LogP contribution in [0.15, 0.2) is 11.4 Å². The molecule has 2 saturated heterocycles. The molecule has 1 amide bonds. The molecule has 3 rings (SSSR count). The Morgan fingerprint density at radius 1 is 1.27 bits per heavy atom. The average molecular weight is 322 g/mol. The van der Waals surface area contributed by atoms with Gasteiger partial charge in [0.1, 0.15) is 6.04 Å². The maximum Gasteiger partial charge on any atom is 0.326 e. The van der Waals surface area contributed by atoms with Crippen molar-refractivity contribution in [1.82, 2.24) is 9.80 Å². The summed E-state index contributed by atoms with van der Waals surface area (Å²) < 4.78 is 0. The number of carboxylic acids is 1. The molecule has 3 heterocycles. The summed E-state index contributed by atoms with van der Waals surface area (Å²) in [6, 6.07) is 1.51. The summed E-state index contributed by atoms with van der Waals surface area (Å²) in [6.07, 6.45) is 3.82. The van der Waals surface area contributed by atoms with E-state index in [1.54, 1.807) is 4.90 Å². The first-order chi connectivity index (χ1) is 10.6. The molecule has 0 aromatic carbocycles. The molecule has 2 aliphatic rings. The normalized spacial score (nSPS) is 26.3. The Hall–Kier alpha value is -1.40. The maximum absolute atomic E-state index is 12.7. The number of rotatable bonds is 3. The first-order valence-corrected chi connectivity index (χ1v) is 8.78. The summed E-state index contributed by atoms with van der Waals surface area (Å²) in [5, 5.41) is 11.5. The van der Waals surface area contributed by atoms with Gasteiger partial charge in [0, 0.05) is 12.6 Å². The van der Waals surface area contributed by atoms with Gasteiger partial charge in [-0.3, -0.25) is 4.79 Å². The van der Waals surface area contributed by atoms with E-state index in [0.717, 1.165) is 25.1 Å². The van der Waals surface area contributed by atoms with Crippen LogP contribution in [-0.2, 0) is 4.79 Å². The smallest absolute Gasteiger partial charge is 0.326 e. The van der Waals surface area contributed by atoms with Crippen molar-refractivity contribution in [3.05, 3.63) is 21.9 Å². The van der Waals surface area contributed by atoms with Gasteiger partial charge in [-0.05, 0) is 62.7 Å². The SMILES string of the molecule is Cc1ccsc1C(=O)N1CC[C@H](N2CCCC2)C[C@@H]1C(=O)O. The third kappa shape index (κ3) is 2.90. The van der Waals surface area contributed by atoms with Gasteiger partial charge in [-0.25, -0.2) is 4.79 Å². The van der Waals surface area contributed by atoms with Crippen LogP contribution >= 0.6 is 11.3 Å². The second kappa shape index (κ2) is 6.38. The topological polar surface area (TPSA) is 60.9 Å². The number of carbonyl (C=O) groups is 2. The molecule has 2 aliphatic heterocycles. The van der Waals surface area contributed by atoms with Crippen molar-refractivity contribution >= 4 is 23.2 Å². The molecule has 1 N–H and O–H groups in total. The van der Waals surface area contributed by atoms with Crippen molar-refractivity contribution < 1.29 is 14.7 Å². The summed E-state index contributed by atoms with van der Waals surface area (Å²) in [5.74, 6) is -1.01. The lowest BCUT2D eigenvalue weighted by atomic mass is 9.95. The molecule has 0 bridgehead atoms. The minimum atomic E-state index is -0.883. The highest BCUT2D eigenvalue weighted by atomic mass is 32.1. The Morgan fingerprint density at radius 3 is 2.59 bits per heavy atom. The average Bonchev–Trinajstić information content (AvgIpc) is 3.17. The first-order valence-electron chi connectivity index (χ1n) is 7.90. The Labute approximate surface area is 134 Å². The van der Waals surface area contributed by atoms with E-state index >= 15 is 0 Å². The van der Waals surface area contributed by atoms with Crippen LogP contribution in [0.5, 0.6) is 0 Å². The number of piperidine rings is 1. The lowest BCUT2D eigenvalue weighted by Crippen LogP contribution is -2.54. The molecule has 0 aliphatic carbocycles. The fourth-order valence-corrected chi connectivity index (χ4v) is 4.46. The van der Waals surface area contributed by atoms with Crippen molar-refractivity contribution in [3.63, 3.8) is 0 Å². The van der Waals surface area contributed by atoms with Gasteiger partial charge in [0.15, 0.2) is 0 Å². The number of thiophene rings is 1. The number of carboxylic acid groups (broad SMARTS) is 1. The van der Waals surface area contributed by atoms with E-state index in [2.05, 4.69) is 4.90 Å². The van der Waals surface area contributed by atoms with Crippen molar-refractivity contribution in [2.24, 2.45) is 0 Å². The first kappa shape index (κ1) is 15.5. The summed E-state index contributed by atoms with van der Waals surface area (Å²) in [7, 11) is 0. The van der Waals surface area contributed by atoms with E-state index < -0.39 is 12.0 Å². The highest BCUT2D eigenvalue weighted by Gasteiger charge is 2.39. The zero-order chi connectivity index (χ0) is 15.7. The minimum Gasteiger partial charge on any atom is -0.480 e. The van der Waals surface area contributed by atoms with E-state index in [-0.39, 0.29) is 5.91 Å². The predicted octanol–water partition coefficient (Wildman–Crippen LogP) is 2.21. The lowest BCUT2D eigenvalue weighted by Gasteiger charge is -2.40. The quantitative estimate of drug-likeness (QED) is 0.927. The van der Waals surface area contributed by atoms with E-state index in [9.17, 15) is 14.7 Å². The number of hydrogen-bond donors (Lipinski definition) is 1. The van der Waals surface area contributed by atoms with Crippen LogP contribution in [0, 0.1) is 6.92 Å². The number of nitrogens with zero attached hydrogens (tertiary/aromatic N) is 2. The third-order valence-electron chi connectivity index (χ3n) is 4.83. The molecule has 0 radical (unpaired) electrons. The maximum atomic E-state index is 12.7. The molecule has 0 spiro atoms. The lowest BCUT2D eigenvalue weighted by molar-refractivity contribution is -0.144. The number of hydrogen-bond acceptors (Lipinski definition) is 4. The molecule has 6 heteroatoms. The van der Waals surface area contributed by atoms with Gasteiger partial charge in [-0.15, -0.1) is 11.3 Å². The Morgan fingerprint density at radius 2 is 2.00 bits per heavy atom. The van der Waals surface area contributed by atoms with Gasteiger partial charge < -0.3 is 14.9 Å². The van der Waals surface area contributed by atoms with E-state index in [4.69, 9.17) is 0 Å². The zero-order valence-corrected chi connectivity index (χ0v) is 13.6. The number of amides is 1. The predicted molar refractivity (Wildman–Crippen MR) is 85.3 cm³/mol. The molecule has 1 aromatic heterocycles. The number of aryl methyl sites for hydroxylation is 1. The van der Waals surface area contributed by atoms with Crippen molar-refractivity contribution in [1.29, 1.82) is 0 Å². The highest BCUT2D eigenvalue weighted by molar-refractivity contribution is 7.12. The second-order valence-electron chi connectivity index (χ2n) is 6.21. The number of carbonyl (C=O) groups excluding carboxylic acids is 1. The van der Waals surface area contributed by atoms with Crippen LogP contribution < -0.4 is 0 Å². The summed E-state index contributed by atoms with van der Waals surface area (Å²) >= 11 is 1.40. The van der Waals surface area contributed by atoms with Crippen molar-refractivity contribution in [3.8, 4) is 0 Å². The third-order valence-corrected chi connectivity index (χ3v) is 5.84. The Balaban J connectivity index is 1.76. The van der Waals surface area contributed by atoms with Crippen molar-refractivity contribution in [2.45, 2.75) is 44.7 Å². The van der Waals surface area contributed by atoms with Crippen LogP contribution in [0.2, 0.25) is 0 Å². The van der Waals surface area contributed by atoms with Crippen molar-refractivity contribution in [2.75, 3.05) is 19.6 Å². The molecule has 2 fully saturated rings. The fraction of sp³-hybridized carbons (Fsp3) is 0.625. The molecule has 120 valence electrons. The van der Waals surface area contributed by atoms with Gasteiger partial charge >= 0.3 is 5.97 Å². The van der Waals surface area contributed by atoms with Crippen LogP contribution in [0.1, 0.15) is 40.9 Å². The molecular weight excluding hydrogens is 300 g/mol. The van der Waals surface area contributed by atoms with Crippen LogP contribution in [0.25, 0.3) is 0 Å². The molecule has 1 aromatic rings. The van der Waals surface area contributed by atoms with Gasteiger partial charge in [-0.2, -0.15) is 0 Å². The fourth-order valence-electron chi connectivity index (χ4n) is 3.58. The largest absolute Gasteiger partial charge is 0.480 e. The highest BCUT2D eigenvalue weighted by Crippen LogP contribution is 2.28. The van der Waals surface area contributed by atoms with Crippen LogP contribution in [-0.4, -0.2) is 58.5 Å². The summed E-state index contributed by atoms with van der Waals surface area (Å²) in [6.45, 7) is 4.56. The molecule has 0 saturated carbocycles. The molecule has 0 unspecified atom stereocenters. The van der Waals surface area contributed by atoms with E-state index in [0.29, 0.717) is 23.9 Å². The second-order valence-corrected chi connectivity index (χ2v) is 7.12. The minimum absolute atomic E-state index is 0.125. The van der Waals surface area contributed by atoms with Crippen LogP contribution in [0.4, 0.5) is 0 Å². The monoisotopic (exact) mass is 322 g/mol. The van der Waals surface area contributed by atoms with E-state index in [1.165, 1.54) is 24.2 Å². The van der Waals surface area contributed by atoms with Gasteiger partial charge in [0.2, 0.25) is 0 Å². The van der Waals surface area contributed by atoms with E-state index in [1.807, 2.05) is 18.4 Å². The summed E-state index contributed by atoms with van der Waals surface area (Å²) in [5.41, 5.74) is 0.931. The number of aliphatic carboxylic acids is 1. The van der Waals surface area contributed by atoms with Gasteiger partial charge in [-0.1, -0.05) is 0 Å². The van der Waals surface area contributed by atoms with Crippen LogP contribution in [0.3, 0.4) is 0 Å². The number of likely N-dealkylation sites (tertiary alicyclic amines) is 2. The Bertz CT molecular complexity index is 565. The molecular formula is C16H22N2O3S. The molecule has 2 atom stereocenters. The standard InChI is InChI=1S/C16H22N2O3S/c1-11-5-9-22-14(11)15(19)18-8-4-12(10-13(18)16(20)21)17-6-2-3-7-17/h5,9,12-13H,2-4,6-8,10H2,1H3,(H,20,21)/t12-,13+/m0/s1. The molecule has 22 heavy (non-hydrogen) atoms. The van der Waals surface area contributed by atoms with Gasteiger partial charge in [0.25, 0.3) is 5.91 Å². The summed E-state index contributed by atoms with van der Waals surface area (Å²) in [4.78, 5) is 29.0.